The summed E-state index contributed by atoms with van der Waals surface area (Å²) in [5, 5.41) is 11.9. The van der Waals surface area contributed by atoms with Crippen LogP contribution in [0.1, 0.15) is 46.7 Å². The van der Waals surface area contributed by atoms with Crippen LogP contribution in [0.15, 0.2) is 12.1 Å². The van der Waals surface area contributed by atoms with Crippen molar-refractivity contribution in [3.8, 4) is 0 Å². The molecule has 0 bridgehead atoms. The second-order valence-electron chi connectivity index (χ2n) is 9.39. The van der Waals surface area contributed by atoms with E-state index in [1.807, 2.05) is 0 Å². The predicted molar refractivity (Wildman–Crippen MR) is 122 cm³/mol. The van der Waals surface area contributed by atoms with Crippen LogP contribution in [-0.2, 0) is 30.8 Å². The first-order valence-electron chi connectivity index (χ1n) is 11.6. The van der Waals surface area contributed by atoms with Gasteiger partial charge in [0.2, 0.25) is 5.91 Å². The Morgan fingerprint density at radius 2 is 1.87 bits per heavy atom. The van der Waals surface area contributed by atoms with Crippen LogP contribution in [0, 0.1) is 26.7 Å². The summed E-state index contributed by atoms with van der Waals surface area (Å²) in [6.45, 7) is 12.7. The minimum Gasteiger partial charge on any atom is -0.349 e. The lowest BCUT2D eigenvalue weighted by Crippen LogP contribution is -2.41. The van der Waals surface area contributed by atoms with Crippen LogP contribution in [0.5, 0.6) is 0 Å². The first kappa shape index (κ1) is 22.0. The fraction of sp³-hybridized carbons (Fsp3) is 0.625. The maximum atomic E-state index is 12.6. The normalized spacial score (nSPS) is 20.3. The highest BCUT2D eigenvalue weighted by Gasteiger charge is 2.25. The Labute approximate surface area is 185 Å². The zero-order chi connectivity index (χ0) is 22.0. The van der Waals surface area contributed by atoms with E-state index < -0.39 is 0 Å². The van der Waals surface area contributed by atoms with Gasteiger partial charge in [-0.25, -0.2) is 0 Å². The monoisotopic (exact) mass is 424 g/mol. The van der Waals surface area contributed by atoms with E-state index in [1.165, 1.54) is 22.3 Å². The molecule has 3 heterocycles. The predicted octanol–water partition coefficient (Wildman–Crippen LogP) is 2.22. The molecule has 1 saturated heterocycles. The van der Waals surface area contributed by atoms with Gasteiger partial charge < -0.3 is 14.8 Å². The van der Waals surface area contributed by atoms with Gasteiger partial charge >= 0.3 is 0 Å². The molecule has 2 aliphatic rings. The maximum Gasteiger partial charge on any atom is 0.224 e. The van der Waals surface area contributed by atoms with Crippen LogP contribution in [0.25, 0.3) is 0 Å². The first-order valence-corrected chi connectivity index (χ1v) is 11.6. The number of likely N-dealkylation sites (tertiary alicyclic amines) is 1. The summed E-state index contributed by atoms with van der Waals surface area (Å²) in [5.41, 5.74) is 5.49. The van der Waals surface area contributed by atoms with Gasteiger partial charge in [0.15, 0.2) is 5.82 Å². The molecule has 31 heavy (non-hydrogen) atoms. The largest absolute Gasteiger partial charge is 0.349 e. The number of amides is 1. The zero-order valence-corrected chi connectivity index (χ0v) is 19.4. The molecule has 1 N–H and O–H groups in total. The van der Waals surface area contributed by atoms with Crippen molar-refractivity contribution in [3.05, 3.63) is 46.0 Å². The van der Waals surface area contributed by atoms with Gasteiger partial charge in [-0.3, -0.25) is 9.69 Å². The van der Waals surface area contributed by atoms with Gasteiger partial charge in [0.05, 0.1) is 12.5 Å². The Kier molecular flexibility index (Phi) is 6.72. The number of aryl methyl sites for hydroxylation is 3. The van der Waals surface area contributed by atoms with Gasteiger partial charge in [0, 0.05) is 39.1 Å². The third kappa shape index (κ3) is 5.15. The summed E-state index contributed by atoms with van der Waals surface area (Å²) >= 11 is 0. The van der Waals surface area contributed by atoms with E-state index >= 15 is 0 Å². The number of hydrogen-bond acceptors (Lipinski definition) is 5. The van der Waals surface area contributed by atoms with Crippen molar-refractivity contribution in [1.82, 2.24) is 29.9 Å². The van der Waals surface area contributed by atoms with Crippen molar-refractivity contribution in [2.24, 2.45) is 5.92 Å². The number of fused-ring (bicyclic) bond motifs is 1. The van der Waals surface area contributed by atoms with E-state index in [4.69, 9.17) is 0 Å². The van der Waals surface area contributed by atoms with Crippen LogP contribution in [0.4, 0.5) is 0 Å². The number of nitrogens with zero attached hydrogens (tertiary/aromatic N) is 5. The minimum absolute atomic E-state index is 0.0852. The quantitative estimate of drug-likeness (QED) is 0.797. The van der Waals surface area contributed by atoms with Gasteiger partial charge in [0.25, 0.3) is 0 Å². The molecule has 168 valence electrons. The molecular formula is C24H36N6O. The number of hydrogen-bond donors (Lipinski definition) is 1. The number of piperidine rings is 1. The maximum absolute atomic E-state index is 12.6. The zero-order valence-electron chi connectivity index (χ0n) is 19.4. The second kappa shape index (κ2) is 9.49. The van der Waals surface area contributed by atoms with Crippen LogP contribution in [-0.4, -0.2) is 63.7 Å². The minimum atomic E-state index is 0.0852. The fourth-order valence-electron chi connectivity index (χ4n) is 4.84. The first-order chi connectivity index (χ1) is 14.9. The Morgan fingerprint density at radius 1 is 1.06 bits per heavy atom. The highest BCUT2D eigenvalue weighted by Crippen LogP contribution is 2.19. The number of carbonyl (C=O) groups excluding carboxylic acids is 1. The number of benzene rings is 1. The number of nitrogens with one attached hydrogen (secondary N) is 1. The summed E-state index contributed by atoms with van der Waals surface area (Å²) in [4.78, 5) is 17.4. The van der Waals surface area contributed by atoms with Crippen molar-refractivity contribution < 1.29 is 4.79 Å². The average Bonchev–Trinajstić information content (AvgIpc) is 3.02. The molecule has 4 rings (SSSR count). The molecule has 1 amide bonds. The lowest BCUT2D eigenvalue weighted by molar-refractivity contribution is -0.126. The van der Waals surface area contributed by atoms with E-state index in [0.29, 0.717) is 6.54 Å². The van der Waals surface area contributed by atoms with Crippen LogP contribution >= 0.6 is 0 Å². The molecule has 1 fully saturated rings. The number of aromatic nitrogens is 3. The van der Waals surface area contributed by atoms with Gasteiger partial charge in [-0.15, -0.1) is 10.2 Å². The van der Waals surface area contributed by atoms with Gasteiger partial charge in [-0.1, -0.05) is 12.1 Å². The lowest BCUT2D eigenvalue weighted by Gasteiger charge is -2.28. The van der Waals surface area contributed by atoms with Crippen molar-refractivity contribution in [1.29, 1.82) is 0 Å². The van der Waals surface area contributed by atoms with Crippen molar-refractivity contribution in [2.75, 3.05) is 33.2 Å². The van der Waals surface area contributed by atoms with E-state index in [1.54, 1.807) is 0 Å². The molecule has 1 atom stereocenters. The Morgan fingerprint density at radius 3 is 2.68 bits per heavy atom. The van der Waals surface area contributed by atoms with Crippen molar-refractivity contribution in [2.45, 2.75) is 59.7 Å². The number of rotatable bonds is 5. The smallest absolute Gasteiger partial charge is 0.224 e. The fourth-order valence-corrected chi connectivity index (χ4v) is 4.84. The highest BCUT2D eigenvalue weighted by molar-refractivity contribution is 5.78. The lowest BCUT2D eigenvalue weighted by atomic mass is 9.98. The Bertz CT molecular complexity index is 936. The van der Waals surface area contributed by atoms with Crippen LogP contribution in [0.3, 0.4) is 0 Å². The summed E-state index contributed by atoms with van der Waals surface area (Å²) in [6.07, 6.45) is 2.95. The van der Waals surface area contributed by atoms with Gasteiger partial charge in [0.1, 0.15) is 5.82 Å². The topological polar surface area (TPSA) is 66.3 Å². The van der Waals surface area contributed by atoms with Crippen molar-refractivity contribution in [3.63, 3.8) is 0 Å². The molecule has 2 aromatic rings. The summed E-state index contributed by atoms with van der Waals surface area (Å²) in [7, 11) is 2.09. The number of carbonyl (C=O) groups is 1. The van der Waals surface area contributed by atoms with Gasteiger partial charge in [-0.2, -0.15) is 0 Å². The molecule has 0 spiro atoms. The summed E-state index contributed by atoms with van der Waals surface area (Å²) in [6, 6.07) is 4.63. The highest BCUT2D eigenvalue weighted by atomic mass is 16.1. The van der Waals surface area contributed by atoms with Crippen LogP contribution in [0.2, 0.25) is 0 Å². The van der Waals surface area contributed by atoms with E-state index in [9.17, 15) is 4.79 Å². The second-order valence-corrected chi connectivity index (χ2v) is 9.39. The molecule has 1 aromatic carbocycles. The van der Waals surface area contributed by atoms with Gasteiger partial charge in [-0.05, 0) is 69.5 Å². The third-order valence-electron chi connectivity index (χ3n) is 6.96. The molecule has 0 saturated carbocycles. The van der Waals surface area contributed by atoms with E-state index in [0.717, 1.165) is 70.2 Å². The summed E-state index contributed by atoms with van der Waals surface area (Å²) in [5.74, 6) is 2.13. The van der Waals surface area contributed by atoms with Crippen molar-refractivity contribution >= 4 is 5.91 Å². The Balaban J connectivity index is 1.35. The van der Waals surface area contributed by atoms with E-state index in [-0.39, 0.29) is 11.8 Å². The summed E-state index contributed by atoms with van der Waals surface area (Å²) < 4.78 is 2.21. The third-order valence-corrected chi connectivity index (χ3v) is 6.96. The molecule has 7 heteroatoms. The molecule has 1 aromatic heterocycles. The molecule has 0 radical (unpaired) electrons. The van der Waals surface area contributed by atoms with Crippen LogP contribution < -0.4 is 5.32 Å². The standard InChI is InChI=1S/C24H36N6O/c1-17-12-19(3)21(13-18(17)2)16-29-9-7-22-26-27-23(30(22)11-10-29)14-25-24(31)20-6-5-8-28(4)15-20/h12-13,20H,5-11,14-16H2,1-4H3,(H,25,31). The molecule has 1 unspecified atom stereocenters. The Hall–Kier alpha value is -2.25. The SMILES string of the molecule is Cc1cc(C)c(CN2CCc3nnc(CNC(=O)C4CCCN(C)C4)n3CC2)cc1C. The molecule has 7 nitrogen and oxygen atoms in total. The molecule has 0 aliphatic carbocycles. The average molecular weight is 425 g/mol. The van der Waals surface area contributed by atoms with E-state index in [2.05, 4.69) is 69.8 Å². The molecular weight excluding hydrogens is 388 g/mol. The molecule has 2 aliphatic heterocycles.